The van der Waals surface area contributed by atoms with Crippen LogP contribution in [0.15, 0.2) is 41.0 Å². The molecule has 1 aromatic carbocycles. The Bertz CT molecular complexity index is 655. The molecule has 4 heteroatoms. The van der Waals surface area contributed by atoms with Crippen molar-refractivity contribution in [2.45, 2.75) is 6.92 Å². The van der Waals surface area contributed by atoms with E-state index in [4.69, 9.17) is 0 Å². The van der Waals surface area contributed by atoms with Gasteiger partial charge in [0.15, 0.2) is 5.65 Å². The summed E-state index contributed by atoms with van der Waals surface area (Å²) in [5, 5.41) is 0. The van der Waals surface area contributed by atoms with Gasteiger partial charge in [0.2, 0.25) is 0 Å². The molecule has 0 aliphatic carbocycles. The monoisotopic (exact) mass is 287 g/mol. The van der Waals surface area contributed by atoms with E-state index in [1.165, 1.54) is 5.56 Å². The number of aromatic nitrogens is 3. The molecule has 17 heavy (non-hydrogen) atoms. The third-order valence-corrected chi connectivity index (χ3v) is 3.76. The zero-order valence-electron chi connectivity index (χ0n) is 9.24. The molecule has 0 spiro atoms. The maximum Gasteiger partial charge on any atom is 0.178 e. The highest BCUT2D eigenvalue weighted by atomic mass is 79.9. The average Bonchev–Trinajstić information content (AvgIpc) is 2.76. The van der Waals surface area contributed by atoms with Crippen LogP contribution in [0.25, 0.3) is 22.6 Å². The first-order valence-electron chi connectivity index (χ1n) is 5.32. The van der Waals surface area contributed by atoms with Crippen molar-refractivity contribution in [2.75, 3.05) is 0 Å². The van der Waals surface area contributed by atoms with Gasteiger partial charge in [0, 0.05) is 16.2 Å². The smallest absolute Gasteiger partial charge is 0.178 e. The fourth-order valence-corrected chi connectivity index (χ4v) is 2.26. The second-order valence-electron chi connectivity index (χ2n) is 3.90. The summed E-state index contributed by atoms with van der Waals surface area (Å²) in [6, 6.07) is 10.00. The maximum absolute atomic E-state index is 4.49. The Hall–Kier alpha value is -1.68. The predicted molar refractivity (Wildman–Crippen MR) is 71.8 cm³/mol. The van der Waals surface area contributed by atoms with Crippen LogP contribution in [0.5, 0.6) is 0 Å². The summed E-state index contributed by atoms with van der Waals surface area (Å²) in [7, 11) is 0. The molecular formula is C13H10BrN3. The van der Waals surface area contributed by atoms with Crippen LogP contribution in [-0.2, 0) is 0 Å². The molecule has 0 radical (unpaired) electrons. The molecule has 0 fully saturated rings. The van der Waals surface area contributed by atoms with Gasteiger partial charge in [-0.2, -0.15) is 0 Å². The van der Waals surface area contributed by atoms with Gasteiger partial charge in [-0.1, -0.05) is 18.2 Å². The molecule has 0 saturated heterocycles. The first-order chi connectivity index (χ1) is 8.25. The van der Waals surface area contributed by atoms with E-state index in [0.717, 1.165) is 27.0 Å². The van der Waals surface area contributed by atoms with Gasteiger partial charge in [-0.05, 0) is 40.5 Å². The van der Waals surface area contributed by atoms with Gasteiger partial charge in [0.1, 0.15) is 5.82 Å². The van der Waals surface area contributed by atoms with Crippen molar-refractivity contribution in [1.29, 1.82) is 0 Å². The molecule has 0 saturated carbocycles. The number of nitrogens with one attached hydrogen (secondary N) is 1. The van der Waals surface area contributed by atoms with Crippen molar-refractivity contribution in [3.8, 4) is 11.4 Å². The van der Waals surface area contributed by atoms with E-state index >= 15 is 0 Å². The largest absolute Gasteiger partial charge is 0.337 e. The highest BCUT2D eigenvalue weighted by Gasteiger charge is 2.09. The summed E-state index contributed by atoms with van der Waals surface area (Å²) in [5.74, 6) is 0.842. The molecule has 0 atom stereocenters. The summed E-state index contributed by atoms with van der Waals surface area (Å²) in [4.78, 5) is 12.0. The Morgan fingerprint density at radius 3 is 2.88 bits per heavy atom. The number of H-pyrrole nitrogens is 1. The van der Waals surface area contributed by atoms with E-state index < -0.39 is 0 Å². The van der Waals surface area contributed by atoms with Crippen LogP contribution in [0.1, 0.15) is 5.56 Å². The molecule has 0 unspecified atom stereocenters. The lowest BCUT2D eigenvalue weighted by Gasteiger charge is -2.03. The van der Waals surface area contributed by atoms with Crippen molar-refractivity contribution in [3.05, 3.63) is 46.6 Å². The second-order valence-corrected chi connectivity index (χ2v) is 4.69. The summed E-state index contributed by atoms with van der Waals surface area (Å²) < 4.78 is 1.07. The molecule has 1 N–H and O–H groups in total. The topological polar surface area (TPSA) is 41.6 Å². The minimum Gasteiger partial charge on any atom is -0.337 e. The molecule has 0 aliphatic heterocycles. The molecule has 2 heterocycles. The lowest BCUT2D eigenvalue weighted by atomic mass is 10.1. The molecule has 0 amide bonds. The van der Waals surface area contributed by atoms with Crippen molar-refractivity contribution in [3.63, 3.8) is 0 Å². The number of halogens is 1. The average molecular weight is 288 g/mol. The molecule has 3 rings (SSSR count). The van der Waals surface area contributed by atoms with Crippen LogP contribution in [-0.4, -0.2) is 15.0 Å². The summed E-state index contributed by atoms with van der Waals surface area (Å²) in [5.41, 5.74) is 3.95. The van der Waals surface area contributed by atoms with Gasteiger partial charge >= 0.3 is 0 Å². The summed E-state index contributed by atoms with van der Waals surface area (Å²) in [6.45, 7) is 2.06. The minimum atomic E-state index is 0.746. The van der Waals surface area contributed by atoms with Gasteiger partial charge in [0.25, 0.3) is 0 Å². The van der Waals surface area contributed by atoms with E-state index in [0.29, 0.717) is 0 Å². The minimum absolute atomic E-state index is 0.746. The number of aryl methyl sites for hydroxylation is 1. The lowest BCUT2D eigenvalue weighted by Crippen LogP contribution is -1.85. The van der Waals surface area contributed by atoms with Crippen LogP contribution in [0, 0.1) is 6.92 Å². The lowest BCUT2D eigenvalue weighted by molar-refractivity contribution is 1.29. The van der Waals surface area contributed by atoms with Crippen LogP contribution in [0.2, 0.25) is 0 Å². The molecule has 0 aliphatic rings. The Labute approximate surface area is 107 Å². The third kappa shape index (κ3) is 1.74. The number of aromatic amines is 1. The van der Waals surface area contributed by atoms with Crippen molar-refractivity contribution >= 4 is 27.1 Å². The number of imidazole rings is 1. The van der Waals surface area contributed by atoms with E-state index in [9.17, 15) is 0 Å². The Balaban J connectivity index is 2.24. The summed E-state index contributed by atoms with van der Waals surface area (Å²) in [6.07, 6.45) is 1.75. The second kappa shape index (κ2) is 3.96. The van der Waals surface area contributed by atoms with Crippen LogP contribution >= 0.6 is 15.9 Å². The number of hydrogen-bond acceptors (Lipinski definition) is 2. The van der Waals surface area contributed by atoms with E-state index in [1.54, 1.807) is 6.20 Å². The highest BCUT2D eigenvalue weighted by Crippen LogP contribution is 2.29. The van der Waals surface area contributed by atoms with Gasteiger partial charge < -0.3 is 4.98 Å². The molecule has 3 aromatic rings. The number of hydrogen-bond donors (Lipinski definition) is 1. The zero-order valence-corrected chi connectivity index (χ0v) is 10.8. The SMILES string of the molecule is Cc1cccc(-c2nc3ncccc3[nH]2)c1Br. The Morgan fingerprint density at radius 2 is 2.06 bits per heavy atom. The van der Waals surface area contributed by atoms with Gasteiger partial charge in [-0.3, -0.25) is 0 Å². The van der Waals surface area contributed by atoms with E-state index in [1.807, 2.05) is 24.3 Å². The normalized spacial score (nSPS) is 10.9. The Morgan fingerprint density at radius 1 is 1.18 bits per heavy atom. The standard InChI is InChI=1S/C13H10BrN3/c1-8-4-2-5-9(11(8)14)12-16-10-6-3-7-15-13(10)17-12/h2-7H,1H3,(H,15,16,17). The number of nitrogens with zero attached hydrogens (tertiary/aromatic N) is 2. The fourth-order valence-electron chi connectivity index (χ4n) is 1.80. The number of benzene rings is 1. The molecule has 2 aromatic heterocycles. The predicted octanol–water partition coefficient (Wildman–Crippen LogP) is 3.70. The van der Waals surface area contributed by atoms with Crippen molar-refractivity contribution < 1.29 is 0 Å². The van der Waals surface area contributed by atoms with Gasteiger partial charge in [-0.25, -0.2) is 9.97 Å². The molecule has 3 nitrogen and oxygen atoms in total. The maximum atomic E-state index is 4.49. The quantitative estimate of drug-likeness (QED) is 0.742. The number of fused-ring (bicyclic) bond motifs is 1. The number of rotatable bonds is 1. The first kappa shape index (κ1) is 10.5. The van der Waals surface area contributed by atoms with Crippen LogP contribution in [0.4, 0.5) is 0 Å². The van der Waals surface area contributed by atoms with Gasteiger partial charge in [0.05, 0.1) is 5.52 Å². The molecule has 0 bridgehead atoms. The Kier molecular flexibility index (Phi) is 2.44. The van der Waals surface area contributed by atoms with E-state index in [2.05, 4.69) is 43.9 Å². The van der Waals surface area contributed by atoms with Crippen LogP contribution < -0.4 is 0 Å². The highest BCUT2D eigenvalue weighted by molar-refractivity contribution is 9.10. The third-order valence-electron chi connectivity index (χ3n) is 2.70. The van der Waals surface area contributed by atoms with Crippen molar-refractivity contribution in [1.82, 2.24) is 15.0 Å². The van der Waals surface area contributed by atoms with Gasteiger partial charge in [-0.15, -0.1) is 0 Å². The zero-order chi connectivity index (χ0) is 11.8. The molecule has 84 valence electrons. The van der Waals surface area contributed by atoms with Crippen LogP contribution in [0.3, 0.4) is 0 Å². The fraction of sp³-hybridized carbons (Fsp3) is 0.0769. The summed E-state index contributed by atoms with van der Waals surface area (Å²) >= 11 is 3.59. The first-order valence-corrected chi connectivity index (χ1v) is 6.11. The van der Waals surface area contributed by atoms with E-state index in [-0.39, 0.29) is 0 Å². The number of pyridine rings is 1. The molecular weight excluding hydrogens is 278 g/mol. The van der Waals surface area contributed by atoms with Crippen molar-refractivity contribution in [2.24, 2.45) is 0 Å².